The summed E-state index contributed by atoms with van der Waals surface area (Å²) in [5, 5.41) is 3.59. The van der Waals surface area contributed by atoms with Crippen LogP contribution in [0.3, 0.4) is 0 Å². The van der Waals surface area contributed by atoms with E-state index in [1.165, 1.54) is 0 Å². The van der Waals surface area contributed by atoms with Gasteiger partial charge in [0.1, 0.15) is 0 Å². The summed E-state index contributed by atoms with van der Waals surface area (Å²) in [5.74, 6) is 1.10. The topological polar surface area (TPSA) is 50.8 Å². The molecule has 0 aliphatic carbocycles. The fraction of sp³-hybridized carbons (Fsp3) is 0.316. The molecule has 134 valence electrons. The zero-order chi connectivity index (χ0) is 18.2. The summed E-state index contributed by atoms with van der Waals surface area (Å²) >= 11 is 6.20. The van der Waals surface area contributed by atoms with Gasteiger partial charge >= 0.3 is 0 Å². The predicted octanol–water partition coefficient (Wildman–Crippen LogP) is 3.82. The van der Waals surface area contributed by atoms with Gasteiger partial charge < -0.3 is 14.8 Å². The average molecular weight is 363 g/mol. The van der Waals surface area contributed by atoms with Crippen LogP contribution in [0.25, 0.3) is 0 Å². The van der Waals surface area contributed by atoms with E-state index in [-0.39, 0.29) is 12.5 Å². The molecule has 2 aromatic rings. The van der Waals surface area contributed by atoms with Gasteiger partial charge in [-0.2, -0.15) is 0 Å². The van der Waals surface area contributed by atoms with Crippen molar-refractivity contribution < 1.29 is 14.3 Å². The summed E-state index contributed by atoms with van der Waals surface area (Å²) in [6.45, 7) is 3.65. The number of carbonyl (C=O) groups is 1. The molecular weight excluding hydrogens is 340 g/mol. The van der Waals surface area contributed by atoms with Gasteiger partial charge in [0.15, 0.2) is 11.5 Å². The highest BCUT2D eigenvalue weighted by Gasteiger charge is 2.12. The number of methoxy groups -OCH3 is 2. The number of hydrogen-bond donors (Lipinski definition) is 1. The SMILES string of the molecule is CCN(CC(=O)Nc1ccc(OC)c(OC)c1)Cc1ccccc1Cl. The maximum Gasteiger partial charge on any atom is 0.238 e. The smallest absolute Gasteiger partial charge is 0.238 e. The Labute approximate surface area is 153 Å². The van der Waals surface area contributed by atoms with Crippen LogP contribution in [-0.2, 0) is 11.3 Å². The van der Waals surface area contributed by atoms with Crippen LogP contribution in [-0.4, -0.2) is 38.1 Å². The molecule has 0 aromatic heterocycles. The minimum absolute atomic E-state index is 0.0962. The minimum Gasteiger partial charge on any atom is -0.493 e. The molecule has 0 bridgehead atoms. The Balaban J connectivity index is 1.99. The summed E-state index contributed by atoms with van der Waals surface area (Å²) in [5.41, 5.74) is 1.67. The molecule has 0 atom stereocenters. The molecule has 1 N–H and O–H groups in total. The van der Waals surface area contributed by atoms with Crippen LogP contribution in [0.5, 0.6) is 11.5 Å². The number of anilines is 1. The quantitative estimate of drug-likeness (QED) is 0.775. The fourth-order valence-corrected chi connectivity index (χ4v) is 2.66. The molecule has 0 heterocycles. The van der Waals surface area contributed by atoms with E-state index in [2.05, 4.69) is 5.32 Å². The third-order valence-corrected chi connectivity index (χ3v) is 4.20. The third-order valence-electron chi connectivity index (χ3n) is 3.83. The standard InChI is InChI=1S/C19H23ClN2O3/c1-4-22(12-14-7-5-6-8-16(14)20)13-19(23)21-15-9-10-17(24-2)18(11-15)25-3/h5-11H,4,12-13H2,1-3H3,(H,21,23). The van der Waals surface area contributed by atoms with Crippen molar-refractivity contribution in [2.45, 2.75) is 13.5 Å². The summed E-state index contributed by atoms with van der Waals surface area (Å²) in [6.07, 6.45) is 0. The molecular formula is C19H23ClN2O3. The monoisotopic (exact) mass is 362 g/mol. The molecule has 2 rings (SSSR count). The highest BCUT2D eigenvalue weighted by molar-refractivity contribution is 6.31. The molecule has 2 aromatic carbocycles. The molecule has 0 saturated carbocycles. The van der Waals surface area contributed by atoms with Crippen LogP contribution in [0.4, 0.5) is 5.69 Å². The molecule has 0 aliphatic rings. The van der Waals surface area contributed by atoms with Crippen LogP contribution >= 0.6 is 11.6 Å². The third kappa shape index (κ3) is 5.37. The lowest BCUT2D eigenvalue weighted by molar-refractivity contribution is -0.117. The predicted molar refractivity (Wildman–Crippen MR) is 101 cm³/mol. The van der Waals surface area contributed by atoms with Gasteiger partial charge in [0, 0.05) is 23.3 Å². The van der Waals surface area contributed by atoms with Crippen LogP contribution in [0.2, 0.25) is 5.02 Å². The van der Waals surface area contributed by atoms with Crippen molar-refractivity contribution in [3.63, 3.8) is 0 Å². The van der Waals surface area contributed by atoms with Gasteiger partial charge in [0.05, 0.1) is 20.8 Å². The number of amides is 1. The number of benzene rings is 2. The van der Waals surface area contributed by atoms with E-state index < -0.39 is 0 Å². The number of likely N-dealkylation sites (N-methyl/N-ethyl adjacent to an activating group) is 1. The lowest BCUT2D eigenvalue weighted by Crippen LogP contribution is -2.32. The first-order valence-corrected chi connectivity index (χ1v) is 8.42. The summed E-state index contributed by atoms with van der Waals surface area (Å²) < 4.78 is 10.4. The second-order valence-corrected chi connectivity index (χ2v) is 5.92. The molecule has 6 heteroatoms. The maximum absolute atomic E-state index is 12.4. The first-order chi connectivity index (χ1) is 12.1. The van der Waals surface area contributed by atoms with Gasteiger partial charge in [-0.3, -0.25) is 9.69 Å². The molecule has 0 saturated heterocycles. The Bertz CT molecular complexity index is 722. The molecule has 0 aliphatic heterocycles. The van der Waals surface area contributed by atoms with E-state index in [1.807, 2.05) is 36.1 Å². The Hall–Kier alpha value is -2.24. The molecule has 0 unspecified atom stereocenters. The molecule has 0 fully saturated rings. The lowest BCUT2D eigenvalue weighted by Gasteiger charge is -2.20. The van der Waals surface area contributed by atoms with E-state index >= 15 is 0 Å². The molecule has 0 radical (unpaired) electrons. The Morgan fingerprint density at radius 2 is 1.84 bits per heavy atom. The fourth-order valence-electron chi connectivity index (χ4n) is 2.46. The normalized spacial score (nSPS) is 10.6. The van der Waals surface area contributed by atoms with Crippen molar-refractivity contribution >= 4 is 23.2 Å². The lowest BCUT2D eigenvalue weighted by atomic mass is 10.2. The van der Waals surface area contributed by atoms with Crippen molar-refractivity contribution in [2.75, 3.05) is 32.6 Å². The highest BCUT2D eigenvalue weighted by Crippen LogP contribution is 2.29. The van der Waals surface area contributed by atoms with E-state index in [0.29, 0.717) is 28.8 Å². The number of nitrogens with zero attached hydrogens (tertiary/aromatic N) is 1. The van der Waals surface area contributed by atoms with Crippen LogP contribution < -0.4 is 14.8 Å². The largest absolute Gasteiger partial charge is 0.493 e. The van der Waals surface area contributed by atoms with E-state index in [1.54, 1.807) is 32.4 Å². The Kier molecular flexibility index (Phi) is 7.10. The highest BCUT2D eigenvalue weighted by atomic mass is 35.5. The van der Waals surface area contributed by atoms with Gasteiger partial charge in [0.25, 0.3) is 0 Å². The zero-order valence-corrected chi connectivity index (χ0v) is 15.5. The number of hydrogen-bond acceptors (Lipinski definition) is 4. The van der Waals surface area contributed by atoms with Gasteiger partial charge in [-0.25, -0.2) is 0 Å². The number of ether oxygens (including phenoxy) is 2. The number of halogens is 1. The van der Waals surface area contributed by atoms with E-state index in [4.69, 9.17) is 21.1 Å². The van der Waals surface area contributed by atoms with Crippen LogP contribution in [0.1, 0.15) is 12.5 Å². The van der Waals surface area contributed by atoms with Gasteiger partial charge in [-0.15, -0.1) is 0 Å². The number of nitrogens with one attached hydrogen (secondary N) is 1. The van der Waals surface area contributed by atoms with Crippen LogP contribution in [0, 0.1) is 0 Å². The van der Waals surface area contributed by atoms with Gasteiger partial charge in [-0.05, 0) is 30.3 Å². The zero-order valence-electron chi connectivity index (χ0n) is 14.7. The number of rotatable bonds is 8. The van der Waals surface area contributed by atoms with Crippen molar-refractivity contribution in [1.29, 1.82) is 0 Å². The first-order valence-electron chi connectivity index (χ1n) is 8.05. The van der Waals surface area contributed by atoms with Gasteiger partial charge in [-0.1, -0.05) is 36.7 Å². The van der Waals surface area contributed by atoms with E-state index in [0.717, 1.165) is 12.1 Å². The maximum atomic E-state index is 12.4. The molecule has 1 amide bonds. The van der Waals surface area contributed by atoms with Gasteiger partial charge in [0.2, 0.25) is 5.91 Å². The Morgan fingerprint density at radius 3 is 2.48 bits per heavy atom. The van der Waals surface area contributed by atoms with Crippen molar-refractivity contribution in [3.8, 4) is 11.5 Å². The van der Waals surface area contributed by atoms with E-state index in [9.17, 15) is 4.79 Å². The summed E-state index contributed by atoms with van der Waals surface area (Å²) in [7, 11) is 3.13. The summed E-state index contributed by atoms with van der Waals surface area (Å²) in [4.78, 5) is 14.4. The van der Waals surface area contributed by atoms with Crippen LogP contribution in [0.15, 0.2) is 42.5 Å². The molecule has 0 spiro atoms. The second-order valence-electron chi connectivity index (χ2n) is 5.51. The van der Waals surface area contributed by atoms with Crippen molar-refractivity contribution in [2.24, 2.45) is 0 Å². The molecule has 25 heavy (non-hydrogen) atoms. The Morgan fingerprint density at radius 1 is 1.12 bits per heavy atom. The number of carbonyl (C=O) groups excluding carboxylic acids is 1. The first kappa shape index (κ1) is 19.1. The second kappa shape index (κ2) is 9.30. The molecule has 5 nitrogen and oxygen atoms in total. The van der Waals surface area contributed by atoms with Crippen molar-refractivity contribution in [1.82, 2.24) is 4.90 Å². The van der Waals surface area contributed by atoms with Crippen molar-refractivity contribution in [3.05, 3.63) is 53.1 Å². The average Bonchev–Trinajstić information content (AvgIpc) is 2.62. The minimum atomic E-state index is -0.0962. The summed E-state index contributed by atoms with van der Waals surface area (Å²) in [6, 6.07) is 12.9.